The second kappa shape index (κ2) is 11.0. The SMILES string of the molecule is CN(CCCOc1ccc(Cl)c(Cl)c1)[C@H]1CC2CCC1C2OC(=O)C(O)(c1cccs1)c1cccs1. The Balaban J connectivity index is 1.18. The van der Waals surface area contributed by atoms with E-state index in [1.165, 1.54) is 22.7 Å². The van der Waals surface area contributed by atoms with Gasteiger partial charge in [-0.15, -0.1) is 22.7 Å². The first kappa shape index (κ1) is 26.0. The van der Waals surface area contributed by atoms with Gasteiger partial charge < -0.3 is 19.5 Å². The Labute approximate surface area is 229 Å². The van der Waals surface area contributed by atoms with Crippen molar-refractivity contribution in [3.63, 3.8) is 0 Å². The fourth-order valence-corrected chi connectivity index (χ4v) is 7.66. The highest BCUT2D eigenvalue weighted by Gasteiger charge is 2.54. The molecule has 0 amide bonds. The maximum Gasteiger partial charge on any atom is 0.349 e. The number of aliphatic hydroxyl groups is 1. The van der Waals surface area contributed by atoms with Crippen LogP contribution in [-0.4, -0.2) is 48.3 Å². The lowest BCUT2D eigenvalue weighted by Crippen LogP contribution is -2.42. The van der Waals surface area contributed by atoms with E-state index in [9.17, 15) is 9.90 Å². The highest BCUT2D eigenvalue weighted by Crippen LogP contribution is 2.49. The van der Waals surface area contributed by atoms with Crippen LogP contribution in [0.3, 0.4) is 0 Å². The van der Waals surface area contributed by atoms with Crippen molar-refractivity contribution in [2.24, 2.45) is 11.8 Å². The minimum atomic E-state index is -1.76. The number of fused-ring (bicyclic) bond motifs is 2. The van der Waals surface area contributed by atoms with E-state index in [2.05, 4.69) is 11.9 Å². The van der Waals surface area contributed by atoms with Gasteiger partial charge in [0.1, 0.15) is 11.9 Å². The third kappa shape index (κ3) is 5.06. The summed E-state index contributed by atoms with van der Waals surface area (Å²) in [4.78, 5) is 17.1. The molecule has 2 aliphatic carbocycles. The van der Waals surface area contributed by atoms with Crippen LogP contribution >= 0.6 is 45.9 Å². The number of hydrogen-bond acceptors (Lipinski definition) is 7. The van der Waals surface area contributed by atoms with Crippen LogP contribution in [0.25, 0.3) is 0 Å². The summed E-state index contributed by atoms with van der Waals surface area (Å²) >= 11 is 14.8. The van der Waals surface area contributed by atoms with Crippen LogP contribution in [0.5, 0.6) is 5.75 Å². The molecule has 0 spiro atoms. The summed E-state index contributed by atoms with van der Waals surface area (Å²) < 4.78 is 12.0. The maximum absolute atomic E-state index is 13.5. The Hall–Kier alpha value is -1.61. The Morgan fingerprint density at radius 3 is 2.47 bits per heavy atom. The van der Waals surface area contributed by atoms with Crippen molar-refractivity contribution < 1.29 is 19.4 Å². The van der Waals surface area contributed by atoms with Gasteiger partial charge in [0.15, 0.2) is 0 Å². The molecule has 36 heavy (non-hydrogen) atoms. The van der Waals surface area contributed by atoms with Crippen LogP contribution in [0.4, 0.5) is 0 Å². The van der Waals surface area contributed by atoms with Crippen molar-refractivity contribution in [3.05, 3.63) is 73.0 Å². The summed E-state index contributed by atoms with van der Waals surface area (Å²) in [6.07, 6.45) is 3.80. The van der Waals surface area contributed by atoms with Crippen LogP contribution in [0.15, 0.2) is 53.2 Å². The molecule has 4 atom stereocenters. The number of benzene rings is 1. The number of nitrogens with zero attached hydrogens (tertiary/aromatic N) is 1. The van der Waals surface area contributed by atoms with Crippen LogP contribution in [0.2, 0.25) is 10.0 Å². The molecule has 2 bridgehead atoms. The second-order valence-electron chi connectivity index (χ2n) is 9.60. The third-order valence-corrected chi connectivity index (χ3v) is 10.2. The van der Waals surface area contributed by atoms with Crippen molar-refractivity contribution in [1.29, 1.82) is 0 Å². The van der Waals surface area contributed by atoms with Gasteiger partial charge in [0, 0.05) is 24.6 Å². The molecule has 3 unspecified atom stereocenters. The number of hydrogen-bond donors (Lipinski definition) is 1. The normalized spacial score (nSPS) is 23.4. The summed E-state index contributed by atoms with van der Waals surface area (Å²) in [6.45, 7) is 1.46. The van der Waals surface area contributed by atoms with E-state index in [-0.39, 0.29) is 12.0 Å². The average molecular weight is 567 g/mol. The lowest BCUT2D eigenvalue weighted by molar-refractivity contribution is -0.170. The molecule has 9 heteroatoms. The minimum absolute atomic E-state index is 0.163. The Bertz CT molecular complexity index is 1140. The molecule has 2 heterocycles. The molecular weight excluding hydrogens is 537 g/mol. The first-order valence-electron chi connectivity index (χ1n) is 12.2. The number of ether oxygens (including phenoxy) is 2. The van der Waals surface area contributed by atoms with Crippen molar-refractivity contribution >= 4 is 51.8 Å². The Kier molecular flexibility index (Phi) is 7.96. The smallest absolute Gasteiger partial charge is 0.349 e. The van der Waals surface area contributed by atoms with E-state index in [1.807, 2.05) is 29.0 Å². The molecule has 0 radical (unpaired) electrons. The number of carbonyl (C=O) groups is 1. The fraction of sp³-hybridized carbons (Fsp3) is 0.444. The topological polar surface area (TPSA) is 59.0 Å². The zero-order valence-electron chi connectivity index (χ0n) is 19.9. The van der Waals surface area contributed by atoms with Crippen LogP contribution in [-0.2, 0) is 15.1 Å². The first-order chi connectivity index (χ1) is 17.4. The van der Waals surface area contributed by atoms with Gasteiger partial charge in [-0.05, 0) is 73.7 Å². The van der Waals surface area contributed by atoms with E-state index in [0.717, 1.165) is 32.2 Å². The zero-order valence-corrected chi connectivity index (χ0v) is 23.1. The minimum Gasteiger partial charge on any atom is -0.493 e. The summed E-state index contributed by atoms with van der Waals surface area (Å²) in [5.74, 6) is 0.751. The molecule has 5 nitrogen and oxygen atoms in total. The monoisotopic (exact) mass is 565 g/mol. The summed E-state index contributed by atoms with van der Waals surface area (Å²) in [6, 6.07) is 12.9. The standard InChI is InChI=1S/C27H29Cl2NO4S2/c1-30(11-4-12-33-18-8-10-20(28)21(29)16-18)22-15-17-7-9-19(22)25(17)34-26(31)27(32,23-5-2-13-35-23)24-6-3-14-36-24/h2-3,5-6,8,10,13-14,16-17,19,22,25,32H,4,7,9,11-12,15H2,1H3/t17?,19?,22-,25?/m0/s1. The van der Waals surface area contributed by atoms with Gasteiger partial charge in [-0.25, -0.2) is 4.79 Å². The van der Waals surface area contributed by atoms with Gasteiger partial charge in [0.25, 0.3) is 0 Å². The largest absolute Gasteiger partial charge is 0.493 e. The lowest BCUT2D eigenvalue weighted by Gasteiger charge is -2.32. The lowest BCUT2D eigenvalue weighted by atomic mass is 9.94. The number of esters is 1. The number of halogens is 2. The van der Waals surface area contributed by atoms with E-state index in [1.54, 1.807) is 24.3 Å². The van der Waals surface area contributed by atoms with Gasteiger partial charge in [-0.1, -0.05) is 35.3 Å². The summed E-state index contributed by atoms with van der Waals surface area (Å²) in [5.41, 5.74) is -1.76. The molecule has 2 fully saturated rings. The van der Waals surface area contributed by atoms with E-state index in [4.69, 9.17) is 32.7 Å². The van der Waals surface area contributed by atoms with Crippen LogP contribution in [0.1, 0.15) is 35.4 Å². The average Bonchev–Trinajstić information content (AvgIpc) is 3.69. The molecule has 3 aromatic rings. The summed E-state index contributed by atoms with van der Waals surface area (Å²) in [7, 11) is 2.14. The predicted octanol–water partition coefficient (Wildman–Crippen LogP) is 6.46. The highest BCUT2D eigenvalue weighted by molar-refractivity contribution is 7.12. The third-order valence-electron chi connectivity index (χ3n) is 7.47. The maximum atomic E-state index is 13.5. The predicted molar refractivity (Wildman–Crippen MR) is 145 cm³/mol. The number of rotatable bonds is 10. The second-order valence-corrected chi connectivity index (χ2v) is 12.3. The van der Waals surface area contributed by atoms with Gasteiger partial charge in [-0.2, -0.15) is 0 Å². The Morgan fingerprint density at radius 1 is 1.11 bits per heavy atom. The Morgan fingerprint density at radius 2 is 1.83 bits per heavy atom. The van der Waals surface area contributed by atoms with Crippen LogP contribution in [0, 0.1) is 11.8 Å². The molecule has 2 saturated carbocycles. The quantitative estimate of drug-likeness (QED) is 0.225. The molecule has 0 aliphatic heterocycles. The van der Waals surface area contributed by atoms with E-state index >= 15 is 0 Å². The molecule has 2 aromatic heterocycles. The first-order valence-corrected chi connectivity index (χ1v) is 14.7. The van der Waals surface area contributed by atoms with Crippen molar-refractivity contribution in [3.8, 4) is 5.75 Å². The van der Waals surface area contributed by atoms with Crippen molar-refractivity contribution in [2.45, 2.75) is 43.4 Å². The molecule has 1 N–H and O–H groups in total. The molecular formula is C27H29Cl2NO4S2. The van der Waals surface area contributed by atoms with Crippen molar-refractivity contribution in [1.82, 2.24) is 4.90 Å². The van der Waals surface area contributed by atoms with Gasteiger partial charge in [0.05, 0.1) is 26.4 Å². The number of thiophene rings is 2. The molecule has 192 valence electrons. The molecule has 1 aromatic carbocycles. The highest BCUT2D eigenvalue weighted by atomic mass is 35.5. The summed E-state index contributed by atoms with van der Waals surface area (Å²) in [5, 5.41) is 16.3. The van der Waals surface area contributed by atoms with Gasteiger partial charge in [-0.3, -0.25) is 0 Å². The van der Waals surface area contributed by atoms with Gasteiger partial charge in [0.2, 0.25) is 5.60 Å². The fourth-order valence-electron chi connectivity index (χ4n) is 5.66. The van der Waals surface area contributed by atoms with Crippen LogP contribution < -0.4 is 4.74 Å². The molecule has 5 rings (SSSR count). The molecule has 0 saturated heterocycles. The van der Waals surface area contributed by atoms with E-state index < -0.39 is 11.6 Å². The zero-order chi connectivity index (χ0) is 25.3. The van der Waals surface area contributed by atoms with E-state index in [0.29, 0.717) is 44.1 Å². The van der Waals surface area contributed by atoms with Gasteiger partial charge >= 0.3 is 5.97 Å². The van der Waals surface area contributed by atoms with Crippen molar-refractivity contribution in [2.75, 3.05) is 20.2 Å². The number of carbonyl (C=O) groups excluding carboxylic acids is 1. The molecule has 2 aliphatic rings.